The van der Waals surface area contributed by atoms with Gasteiger partial charge >= 0.3 is 0 Å². The van der Waals surface area contributed by atoms with Gasteiger partial charge in [-0.05, 0) is 116 Å². The quantitative estimate of drug-likeness (QED) is 0.116. The zero-order chi connectivity index (χ0) is 47.6. The first-order chi connectivity index (χ1) is 31.6. The highest BCUT2D eigenvalue weighted by Crippen LogP contribution is 2.30. The van der Waals surface area contributed by atoms with E-state index in [4.69, 9.17) is 30.9 Å². The zero-order valence-corrected chi connectivity index (χ0v) is 38.9. The van der Waals surface area contributed by atoms with E-state index in [2.05, 4.69) is 10.2 Å². The molecule has 18 heteroatoms. The van der Waals surface area contributed by atoms with Crippen molar-refractivity contribution >= 4 is 45.7 Å². The molecule has 0 aliphatic rings. The summed E-state index contributed by atoms with van der Waals surface area (Å²) in [4.78, 5) is 63.0. The molecule has 7 rings (SSSR count). The van der Waals surface area contributed by atoms with Crippen LogP contribution in [0.1, 0.15) is 100 Å². The summed E-state index contributed by atoms with van der Waals surface area (Å²) in [6, 6.07) is 19.4. The second-order valence-electron chi connectivity index (χ2n) is 16.0. The second kappa shape index (κ2) is 19.1. The molecule has 0 unspecified atom stereocenters. The van der Waals surface area contributed by atoms with Gasteiger partial charge in [0.25, 0.3) is 11.8 Å². The van der Waals surface area contributed by atoms with E-state index in [1.165, 1.54) is 0 Å². The van der Waals surface area contributed by atoms with Gasteiger partial charge in [0.1, 0.15) is 35.0 Å². The third-order valence-electron chi connectivity index (χ3n) is 11.7. The van der Waals surface area contributed by atoms with Gasteiger partial charge < -0.3 is 39.2 Å². The smallest absolute Gasteiger partial charge is 0.298 e. The van der Waals surface area contributed by atoms with Crippen molar-refractivity contribution in [1.82, 2.24) is 37.8 Å². The minimum Gasteiger partial charge on any atom is -0.497 e. The topological polar surface area (TPSA) is 219 Å². The number of aromatic nitrogens is 8. The highest BCUT2D eigenvalue weighted by atomic mass is 16.5. The van der Waals surface area contributed by atoms with E-state index in [9.17, 15) is 19.2 Å². The molecule has 66 heavy (non-hydrogen) atoms. The Morgan fingerprint density at radius 1 is 0.606 bits per heavy atom. The van der Waals surface area contributed by atoms with Crippen LogP contribution in [0.2, 0.25) is 0 Å². The number of rotatable bonds is 16. The van der Waals surface area contributed by atoms with Crippen LogP contribution in [0.25, 0.3) is 22.1 Å². The van der Waals surface area contributed by atoms with Crippen LogP contribution in [0, 0.1) is 13.8 Å². The van der Waals surface area contributed by atoms with E-state index < -0.39 is 23.6 Å². The van der Waals surface area contributed by atoms with Crippen LogP contribution in [-0.4, -0.2) is 68.6 Å². The molecule has 0 bridgehead atoms. The van der Waals surface area contributed by atoms with Gasteiger partial charge in [0, 0.05) is 50.4 Å². The number of carbonyl (C=O) groups is 4. The molecule has 0 aliphatic heterocycles. The number of methoxy groups -OCH3 is 1. The van der Waals surface area contributed by atoms with Crippen LogP contribution in [0.4, 0.5) is 0 Å². The third-order valence-corrected chi connectivity index (χ3v) is 11.7. The molecular formula is C48H56N12O6. The highest BCUT2D eigenvalue weighted by Gasteiger charge is 2.23. The average Bonchev–Trinajstić information content (AvgIpc) is 4.04. The first kappa shape index (κ1) is 46.2. The molecular weight excluding hydrogens is 841 g/mol. The molecule has 344 valence electrons. The predicted octanol–water partition coefficient (Wildman–Crippen LogP) is 5.59. The summed E-state index contributed by atoms with van der Waals surface area (Å²) in [6.07, 6.45) is 0. The Morgan fingerprint density at radius 2 is 1.12 bits per heavy atom. The fourth-order valence-electron chi connectivity index (χ4n) is 8.17. The highest BCUT2D eigenvalue weighted by molar-refractivity contribution is 5.99. The number of aryl methyl sites for hydroxylation is 6. The lowest BCUT2D eigenvalue weighted by molar-refractivity contribution is 0.0977. The number of amides is 4. The number of ether oxygens (including phenoxy) is 2. The maximum atomic E-state index is 14.2. The van der Waals surface area contributed by atoms with Crippen LogP contribution in [0.5, 0.6) is 11.5 Å². The number of hydrogen-bond acceptors (Lipinski definition) is 8. The minimum atomic E-state index is -0.648. The van der Waals surface area contributed by atoms with Crippen molar-refractivity contribution in [3.63, 3.8) is 0 Å². The maximum absolute atomic E-state index is 14.2. The van der Waals surface area contributed by atoms with E-state index in [0.29, 0.717) is 93.8 Å². The van der Waals surface area contributed by atoms with Gasteiger partial charge in [0.15, 0.2) is 0 Å². The van der Waals surface area contributed by atoms with Gasteiger partial charge in [-0.15, -0.1) is 0 Å². The molecule has 0 spiro atoms. The van der Waals surface area contributed by atoms with E-state index in [0.717, 1.165) is 22.2 Å². The molecule has 3 aromatic carbocycles. The largest absolute Gasteiger partial charge is 0.497 e. The van der Waals surface area contributed by atoms with Gasteiger partial charge in [-0.25, -0.2) is 0 Å². The lowest BCUT2D eigenvalue weighted by atomic mass is 10.1. The van der Waals surface area contributed by atoms with Crippen LogP contribution in [-0.2, 0) is 45.9 Å². The van der Waals surface area contributed by atoms with Crippen LogP contribution >= 0.6 is 0 Å². The third kappa shape index (κ3) is 8.98. The zero-order valence-electron chi connectivity index (χ0n) is 38.9. The monoisotopic (exact) mass is 896 g/mol. The molecule has 4 heterocycles. The summed E-state index contributed by atoms with van der Waals surface area (Å²) in [7, 11) is 1.60. The van der Waals surface area contributed by atoms with Crippen molar-refractivity contribution in [2.45, 2.75) is 101 Å². The molecule has 0 aliphatic carbocycles. The van der Waals surface area contributed by atoms with E-state index in [1.54, 1.807) is 52.9 Å². The first-order valence-corrected chi connectivity index (χ1v) is 21.9. The Morgan fingerprint density at radius 3 is 1.64 bits per heavy atom. The first-order valence-electron chi connectivity index (χ1n) is 21.9. The summed E-state index contributed by atoms with van der Waals surface area (Å²) in [5.74, 6) is -1.13. The van der Waals surface area contributed by atoms with Crippen molar-refractivity contribution < 1.29 is 28.7 Å². The van der Waals surface area contributed by atoms with Gasteiger partial charge in [-0.2, -0.15) is 20.2 Å². The van der Waals surface area contributed by atoms with Crippen molar-refractivity contribution in [2.24, 2.45) is 21.5 Å². The predicted molar refractivity (Wildman–Crippen MR) is 249 cm³/mol. The van der Waals surface area contributed by atoms with Gasteiger partial charge in [-0.3, -0.25) is 28.5 Å². The van der Waals surface area contributed by atoms with E-state index in [-0.39, 0.29) is 25.3 Å². The molecule has 4 aromatic heterocycles. The molecule has 0 radical (unpaired) electrons. The van der Waals surface area contributed by atoms with E-state index in [1.807, 2.05) is 104 Å². The standard InChI is InChI=1S/C48H56N12O6/c1-10-55-37-22-33(43(49)61)16-19-36(37)57(47(55)51-45(63)39-20-30(7)53-59(39)12-3)25-28(5)29(6)26-58-42-38(56(11-2)48(58)52-46(64)40-21-31(8)54-60(40)13-4)23-34(44(50)62)24-41(42)66-27-32-14-17-35(65-9)18-15-32/h14-24H,10-13,25-27H2,1-9H3,(H2,49,61)(H2,50,62)/b29-28+,51-47+,52-48+. The number of carbonyl (C=O) groups excluding carboxylic acids is 4. The lowest BCUT2D eigenvalue weighted by Crippen LogP contribution is -2.29. The van der Waals surface area contributed by atoms with Crippen LogP contribution in [0.3, 0.4) is 0 Å². The molecule has 18 nitrogen and oxygen atoms in total. The maximum Gasteiger partial charge on any atom is 0.298 e. The molecule has 0 saturated carbocycles. The minimum absolute atomic E-state index is 0.145. The van der Waals surface area contributed by atoms with Crippen LogP contribution in [0.15, 0.2) is 87.9 Å². The summed E-state index contributed by atoms with van der Waals surface area (Å²) in [5.41, 5.74) is 20.2. The Bertz CT molecular complexity index is 3220. The number of primary amides is 2. The second-order valence-corrected chi connectivity index (χ2v) is 16.0. The number of benzene rings is 3. The fraction of sp³-hybridized carbons (Fsp3) is 0.333. The van der Waals surface area contributed by atoms with Crippen LogP contribution < -0.4 is 32.2 Å². The van der Waals surface area contributed by atoms with Gasteiger partial charge in [-0.1, -0.05) is 23.3 Å². The number of fused-ring (bicyclic) bond motifs is 2. The van der Waals surface area contributed by atoms with Gasteiger partial charge in [0.2, 0.25) is 23.1 Å². The van der Waals surface area contributed by atoms with Crippen molar-refractivity contribution in [3.05, 3.63) is 129 Å². The summed E-state index contributed by atoms with van der Waals surface area (Å²) < 4.78 is 22.8. The van der Waals surface area contributed by atoms with Crippen molar-refractivity contribution in [1.29, 1.82) is 0 Å². The molecule has 4 N–H and O–H groups in total. The molecule has 7 aromatic rings. The summed E-state index contributed by atoms with van der Waals surface area (Å²) >= 11 is 0. The average molecular weight is 897 g/mol. The summed E-state index contributed by atoms with van der Waals surface area (Å²) in [5, 5.41) is 8.96. The molecule has 0 fully saturated rings. The van der Waals surface area contributed by atoms with Gasteiger partial charge in [0.05, 0.1) is 35.0 Å². The SMILES string of the molecule is CCn1nc(C)cc1C(=O)/N=c1\n(CC)c2cc(C(N)=O)ccc2n1C/C(C)=C(\C)Cn1/c(=N/C(=O)c2cc(C)nn2CC)n(CC)c2cc(C(N)=O)cc(OCc3ccc(OC)cc3)c21. The van der Waals surface area contributed by atoms with E-state index >= 15 is 0 Å². The number of nitrogens with zero attached hydrogens (tertiary/aromatic N) is 10. The Hall–Kier alpha value is -7.76. The molecule has 4 amide bonds. The van der Waals surface area contributed by atoms with Crippen molar-refractivity contribution in [3.8, 4) is 11.5 Å². The Labute approximate surface area is 381 Å². The normalized spacial score (nSPS) is 12.6. The number of nitrogens with two attached hydrogens (primary N) is 2. The Balaban J connectivity index is 1.44. The number of hydrogen-bond donors (Lipinski definition) is 2. The fourth-order valence-corrected chi connectivity index (χ4v) is 8.17. The number of allylic oxidation sites excluding steroid dienone is 2. The Kier molecular flexibility index (Phi) is 13.4. The molecule has 0 atom stereocenters. The summed E-state index contributed by atoms with van der Waals surface area (Å²) in [6.45, 7) is 17.7. The van der Waals surface area contributed by atoms with Crippen molar-refractivity contribution in [2.75, 3.05) is 7.11 Å². The molecule has 0 saturated heterocycles. The number of imidazole rings is 2. The lowest BCUT2D eigenvalue weighted by Gasteiger charge is -2.15.